The fraction of sp³-hybridized carbons (Fsp3) is 0.720. The summed E-state index contributed by atoms with van der Waals surface area (Å²) in [6.07, 6.45) is 2.18. The molecule has 224 valence electrons. The number of hydrogen-bond acceptors (Lipinski definition) is 8. The van der Waals surface area contributed by atoms with Crippen LogP contribution in [0.2, 0.25) is 0 Å². The summed E-state index contributed by atoms with van der Waals surface area (Å²) in [6.45, 7) is 4.61. The lowest BCUT2D eigenvalue weighted by Crippen LogP contribution is -2.56. The summed E-state index contributed by atoms with van der Waals surface area (Å²) >= 11 is 0. The minimum absolute atomic E-state index is 0.0272. The SMILES string of the molecule is CC(C)CC(NC(=O)C1CCCN1C(=O)CNC(=O)C1CCCN1C(=O)C(C)NC(=O)CN)C(=O)NCC(=O)O. The van der Waals surface area contributed by atoms with Gasteiger partial charge in [-0.1, -0.05) is 13.8 Å². The molecule has 15 heteroatoms. The molecule has 2 saturated heterocycles. The van der Waals surface area contributed by atoms with Gasteiger partial charge in [0.25, 0.3) is 0 Å². The number of likely N-dealkylation sites (tertiary alicyclic amines) is 2. The first-order valence-corrected chi connectivity index (χ1v) is 13.5. The van der Waals surface area contributed by atoms with Gasteiger partial charge >= 0.3 is 5.97 Å². The van der Waals surface area contributed by atoms with E-state index in [1.165, 1.54) is 16.7 Å². The Hall–Kier alpha value is -3.75. The Labute approximate surface area is 232 Å². The van der Waals surface area contributed by atoms with E-state index in [4.69, 9.17) is 10.8 Å². The van der Waals surface area contributed by atoms with Crippen LogP contribution in [0.5, 0.6) is 0 Å². The van der Waals surface area contributed by atoms with Crippen LogP contribution in [0, 0.1) is 5.92 Å². The van der Waals surface area contributed by atoms with Crippen LogP contribution in [0.25, 0.3) is 0 Å². The van der Waals surface area contributed by atoms with Crippen molar-refractivity contribution in [1.82, 2.24) is 31.1 Å². The first-order chi connectivity index (χ1) is 18.8. The molecular weight excluding hydrogens is 526 g/mol. The van der Waals surface area contributed by atoms with Gasteiger partial charge in [0.05, 0.1) is 13.1 Å². The Bertz CT molecular complexity index is 988. The summed E-state index contributed by atoms with van der Waals surface area (Å²) in [5.74, 6) is -4.26. The number of carboxylic acid groups (broad SMARTS) is 1. The zero-order chi connectivity index (χ0) is 30.0. The number of nitrogens with zero attached hydrogens (tertiary/aromatic N) is 2. The van der Waals surface area contributed by atoms with E-state index < -0.39 is 72.1 Å². The number of nitrogens with two attached hydrogens (primary N) is 1. The Kier molecular flexibility index (Phi) is 12.3. The molecule has 2 fully saturated rings. The molecule has 0 aromatic heterocycles. The van der Waals surface area contributed by atoms with E-state index in [0.29, 0.717) is 38.8 Å². The first kappa shape index (κ1) is 32.5. The number of amides is 6. The number of aliphatic carboxylic acids is 1. The van der Waals surface area contributed by atoms with Crippen LogP contribution in [0.4, 0.5) is 0 Å². The van der Waals surface area contributed by atoms with Crippen LogP contribution in [0.3, 0.4) is 0 Å². The molecule has 0 spiro atoms. The van der Waals surface area contributed by atoms with Crippen molar-refractivity contribution in [3.05, 3.63) is 0 Å². The summed E-state index contributed by atoms with van der Waals surface area (Å²) in [4.78, 5) is 89.2. The van der Waals surface area contributed by atoms with E-state index in [1.807, 2.05) is 13.8 Å². The fourth-order valence-corrected chi connectivity index (χ4v) is 4.89. The molecule has 2 rings (SSSR count). The van der Waals surface area contributed by atoms with Gasteiger partial charge in [-0.15, -0.1) is 0 Å². The number of rotatable bonds is 13. The summed E-state index contributed by atoms with van der Waals surface area (Å²) in [6, 6.07) is -3.47. The van der Waals surface area contributed by atoms with Crippen LogP contribution in [-0.4, -0.2) is 113 Å². The Morgan fingerprint density at radius 3 is 2.02 bits per heavy atom. The minimum Gasteiger partial charge on any atom is -0.480 e. The summed E-state index contributed by atoms with van der Waals surface area (Å²) in [7, 11) is 0. The lowest BCUT2D eigenvalue weighted by Gasteiger charge is -2.28. The lowest BCUT2D eigenvalue weighted by molar-refractivity contribution is -0.142. The molecule has 0 saturated carbocycles. The minimum atomic E-state index is -1.21. The summed E-state index contributed by atoms with van der Waals surface area (Å²) in [5, 5.41) is 18.8. The summed E-state index contributed by atoms with van der Waals surface area (Å²) < 4.78 is 0. The molecule has 7 N–H and O–H groups in total. The molecule has 0 aliphatic carbocycles. The standard InChI is InChI=1S/C25H41N7O8/c1-14(2)10-16(22(37)28-13-21(35)36)30-24(39)18-7-4-8-31(18)20(34)12-27-23(38)17-6-5-9-32(17)25(40)15(3)29-19(33)11-26/h14-18H,4-13,26H2,1-3H3,(H,27,38)(H,28,37)(H,29,33)(H,30,39)(H,35,36). The quantitative estimate of drug-likeness (QED) is 0.136. The van der Waals surface area contributed by atoms with E-state index >= 15 is 0 Å². The maximum atomic E-state index is 13.1. The van der Waals surface area contributed by atoms with Gasteiger partial charge in [-0.2, -0.15) is 0 Å². The average molecular weight is 568 g/mol. The normalized spacial score (nSPS) is 20.0. The third-order valence-corrected chi connectivity index (χ3v) is 6.82. The van der Waals surface area contributed by atoms with Crippen molar-refractivity contribution in [3.8, 4) is 0 Å². The Morgan fingerprint density at radius 1 is 0.850 bits per heavy atom. The van der Waals surface area contributed by atoms with Crippen molar-refractivity contribution in [1.29, 1.82) is 0 Å². The topological polar surface area (TPSA) is 220 Å². The molecule has 2 aliphatic heterocycles. The zero-order valence-corrected chi connectivity index (χ0v) is 23.2. The van der Waals surface area contributed by atoms with Gasteiger partial charge < -0.3 is 41.9 Å². The molecule has 2 heterocycles. The van der Waals surface area contributed by atoms with E-state index in [1.54, 1.807) is 0 Å². The molecule has 2 aliphatic rings. The van der Waals surface area contributed by atoms with E-state index in [0.717, 1.165) is 0 Å². The predicted molar refractivity (Wildman–Crippen MR) is 141 cm³/mol. The number of carbonyl (C=O) groups is 7. The fourth-order valence-electron chi connectivity index (χ4n) is 4.89. The molecule has 15 nitrogen and oxygen atoms in total. The van der Waals surface area contributed by atoms with Crippen LogP contribution in [-0.2, 0) is 33.6 Å². The molecule has 6 amide bonds. The van der Waals surface area contributed by atoms with Crippen LogP contribution < -0.4 is 27.0 Å². The Balaban J connectivity index is 1.96. The Morgan fingerprint density at radius 2 is 1.45 bits per heavy atom. The second kappa shape index (κ2) is 15.1. The lowest BCUT2D eigenvalue weighted by atomic mass is 10.0. The molecule has 0 bridgehead atoms. The number of carbonyl (C=O) groups excluding carboxylic acids is 6. The van der Waals surface area contributed by atoms with Gasteiger partial charge in [-0.25, -0.2) is 0 Å². The highest BCUT2D eigenvalue weighted by Gasteiger charge is 2.38. The highest BCUT2D eigenvalue weighted by Crippen LogP contribution is 2.20. The van der Waals surface area contributed by atoms with Crippen molar-refractivity contribution < 1.29 is 38.7 Å². The predicted octanol–water partition coefficient (Wildman–Crippen LogP) is -2.72. The third kappa shape index (κ3) is 9.17. The largest absolute Gasteiger partial charge is 0.480 e. The number of hydrogen-bond donors (Lipinski definition) is 6. The maximum absolute atomic E-state index is 13.1. The van der Waals surface area contributed by atoms with Crippen molar-refractivity contribution in [3.63, 3.8) is 0 Å². The highest BCUT2D eigenvalue weighted by atomic mass is 16.4. The molecule has 0 aromatic rings. The van der Waals surface area contributed by atoms with Crippen molar-refractivity contribution in [2.75, 3.05) is 32.7 Å². The number of carboxylic acids is 1. The van der Waals surface area contributed by atoms with Gasteiger partial charge in [0, 0.05) is 13.1 Å². The van der Waals surface area contributed by atoms with Gasteiger partial charge in [0.1, 0.15) is 30.7 Å². The van der Waals surface area contributed by atoms with E-state index in [2.05, 4.69) is 21.3 Å². The molecular formula is C25H41N7O8. The van der Waals surface area contributed by atoms with Gasteiger partial charge in [0.2, 0.25) is 35.4 Å². The second-order valence-corrected chi connectivity index (χ2v) is 10.4. The van der Waals surface area contributed by atoms with E-state index in [9.17, 15) is 33.6 Å². The van der Waals surface area contributed by atoms with E-state index in [-0.39, 0.29) is 25.4 Å². The van der Waals surface area contributed by atoms with Gasteiger partial charge in [-0.05, 0) is 44.9 Å². The van der Waals surface area contributed by atoms with Crippen LogP contribution in [0.1, 0.15) is 52.9 Å². The molecule has 0 aromatic carbocycles. The third-order valence-electron chi connectivity index (χ3n) is 6.82. The maximum Gasteiger partial charge on any atom is 0.322 e. The van der Waals surface area contributed by atoms with Crippen LogP contribution >= 0.6 is 0 Å². The second-order valence-electron chi connectivity index (χ2n) is 10.4. The van der Waals surface area contributed by atoms with Crippen molar-refractivity contribution in [2.24, 2.45) is 11.7 Å². The van der Waals surface area contributed by atoms with Crippen LogP contribution in [0.15, 0.2) is 0 Å². The average Bonchev–Trinajstić information content (AvgIpc) is 3.59. The first-order valence-electron chi connectivity index (χ1n) is 13.5. The molecule has 40 heavy (non-hydrogen) atoms. The van der Waals surface area contributed by atoms with Gasteiger partial charge in [-0.3, -0.25) is 33.6 Å². The summed E-state index contributed by atoms with van der Waals surface area (Å²) in [5.41, 5.74) is 5.28. The smallest absolute Gasteiger partial charge is 0.322 e. The van der Waals surface area contributed by atoms with Gasteiger partial charge in [0.15, 0.2) is 0 Å². The van der Waals surface area contributed by atoms with Crippen molar-refractivity contribution >= 4 is 41.4 Å². The monoisotopic (exact) mass is 567 g/mol. The highest BCUT2D eigenvalue weighted by molar-refractivity contribution is 5.96. The molecule has 4 unspecified atom stereocenters. The van der Waals surface area contributed by atoms with Crippen molar-refractivity contribution in [2.45, 2.75) is 77.0 Å². The number of nitrogens with one attached hydrogen (secondary N) is 4. The zero-order valence-electron chi connectivity index (χ0n) is 23.2. The molecule has 4 atom stereocenters. The molecule has 0 radical (unpaired) electrons.